The molecule has 0 amide bonds. The molecule has 2 aromatic rings. The Bertz CT molecular complexity index is 481. The van der Waals surface area contributed by atoms with Gasteiger partial charge in [-0.25, -0.2) is 9.37 Å². The summed E-state index contributed by atoms with van der Waals surface area (Å²) in [6.45, 7) is 0.305. The fourth-order valence-electron chi connectivity index (χ4n) is 1.36. The summed E-state index contributed by atoms with van der Waals surface area (Å²) in [6, 6.07) is 6.32. The van der Waals surface area contributed by atoms with Gasteiger partial charge in [0.05, 0.1) is 10.6 Å². The van der Waals surface area contributed by atoms with E-state index in [0.29, 0.717) is 17.4 Å². The predicted molar refractivity (Wildman–Crippen MR) is 59.8 cm³/mol. The minimum Gasteiger partial charge on any atom is -0.375 e. The lowest BCUT2D eigenvalue weighted by Gasteiger charge is -1.99. The number of hydrogen-bond donors (Lipinski definition) is 2. The molecule has 4 N–H and O–H groups in total. The summed E-state index contributed by atoms with van der Waals surface area (Å²) in [5.41, 5.74) is 12.6. The number of halogens is 1. The normalized spacial score (nSPS) is 10.5. The van der Waals surface area contributed by atoms with Gasteiger partial charge in [0, 0.05) is 6.54 Å². The number of nitrogens with two attached hydrogens (primary N) is 2. The highest BCUT2D eigenvalue weighted by atomic mass is 32.1. The standard InChI is InChI=1S/C10H10FN3S/c11-7-3-1-2-6(4-7)9-8(5-12)14-10(13)15-9/h1-4H,5,12H2,(H2,13,14). The van der Waals surface area contributed by atoms with Crippen LogP contribution in [0.2, 0.25) is 0 Å². The average molecular weight is 223 g/mol. The van der Waals surface area contributed by atoms with E-state index in [-0.39, 0.29) is 5.82 Å². The van der Waals surface area contributed by atoms with E-state index in [9.17, 15) is 4.39 Å². The van der Waals surface area contributed by atoms with Crippen LogP contribution < -0.4 is 11.5 Å². The van der Waals surface area contributed by atoms with Crippen LogP contribution in [0.25, 0.3) is 10.4 Å². The number of benzene rings is 1. The van der Waals surface area contributed by atoms with Crippen molar-refractivity contribution >= 4 is 16.5 Å². The first kappa shape index (κ1) is 10.1. The van der Waals surface area contributed by atoms with Crippen LogP contribution >= 0.6 is 11.3 Å². The Balaban J connectivity index is 2.53. The minimum atomic E-state index is -0.276. The van der Waals surface area contributed by atoms with E-state index in [1.165, 1.54) is 23.5 Å². The maximum atomic E-state index is 13.0. The molecule has 1 heterocycles. The van der Waals surface area contributed by atoms with Crippen molar-refractivity contribution in [3.63, 3.8) is 0 Å². The van der Waals surface area contributed by atoms with E-state index in [1.54, 1.807) is 6.07 Å². The van der Waals surface area contributed by atoms with Crippen LogP contribution in [0.4, 0.5) is 9.52 Å². The van der Waals surface area contributed by atoms with Crippen molar-refractivity contribution in [2.75, 3.05) is 5.73 Å². The molecule has 0 saturated heterocycles. The molecule has 0 spiro atoms. The first-order valence-electron chi connectivity index (χ1n) is 4.42. The summed E-state index contributed by atoms with van der Waals surface area (Å²) in [5, 5.41) is 0.453. The Labute approximate surface area is 90.6 Å². The number of anilines is 1. The van der Waals surface area contributed by atoms with E-state index < -0.39 is 0 Å². The summed E-state index contributed by atoms with van der Waals surface area (Å²) >= 11 is 1.32. The average Bonchev–Trinajstić information content (AvgIpc) is 2.59. The van der Waals surface area contributed by atoms with Gasteiger partial charge < -0.3 is 11.5 Å². The molecule has 0 saturated carbocycles. The van der Waals surface area contributed by atoms with Crippen molar-refractivity contribution in [2.24, 2.45) is 5.73 Å². The lowest BCUT2D eigenvalue weighted by atomic mass is 10.1. The zero-order chi connectivity index (χ0) is 10.8. The number of nitrogen functional groups attached to an aromatic ring is 1. The molecule has 0 aliphatic rings. The van der Waals surface area contributed by atoms with Gasteiger partial charge in [-0.15, -0.1) is 0 Å². The Kier molecular flexibility index (Phi) is 2.66. The summed E-state index contributed by atoms with van der Waals surface area (Å²) in [4.78, 5) is 4.93. The number of rotatable bonds is 2. The molecule has 0 fully saturated rings. The first-order valence-corrected chi connectivity index (χ1v) is 5.23. The third kappa shape index (κ3) is 1.98. The molecule has 0 aliphatic carbocycles. The Hall–Kier alpha value is -1.46. The van der Waals surface area contributed by atoms with Crippen LogP contribution in [0.5, 0.6) is 0 Å². The quantitative estimate of drug-likeness (QED) is 0.818. The second-order valence-electron chi connectivity index (χ2n) is 3.04. The van der Waals surface area contributed by atoms with E-state index in [0.717, 1.165) is 10.4 Å². The fourth-order valence-corrected chi connectivity index (χ4v) is 2.22. The molecule has 78 valence electrons. The predicted octanol–water partition coefficient (Wildman–Crippen LogP) is 1.99. The second-order valence-corrected chi connectivity index (χ2v) is 4.07. The molecular formula is C10H10FN3S. The molecule has 0 unspecified atom stereocenters. The van der Waals surface area contributed by atoms with Gasteiger partial charge >= 0.3 is 0 Å². The third-order valence-corrected chi connectivity index (χ3v) is 2.97. The zero-order valence-electron chi connectivity index (χ0n) is 7.90. The summed E-state index contributed by atoms with van der Waals surface area (Å²) in [6.07, 6.45) is 0. The molecule has 0 atom stereocenters. The lowest BCUT2D eigenvalue weighted by Crippen LogP contribution is -1.98. The Morgan fingerprint density at radius 2 is 2.20 bits per heavy atom. The summed E-state index contributed by atoms with van der Waals surface area (Å²) in [5.74, 6) is -0.276. The highest BCUT2D eigenvalue weighted by Gasteiger charge is 2.10. The Morgan fingerprint density at radius 3 is 2.87 bits per heavy atom. The van der Waals surface area contributed by atoms with Gasteiger partial charge in [0.15, 0.2) is 5.13 Å². The first-order chi connectivity index (χ1) is 7.20. The van der Waals surface area contributed by atoms with E-state index in [1.807, 2.05) is 6.07 Å². The molecule has 15 heavy (non-hydrogen) atoms. The number of aromatic nitrogens is 1. The van der Waals surface area contributed by atoms with E-state index >= 15 is 0 Å². The fraction of sp³-hybridized carbons (Fsp3) is 0.100. The van der Waals surface area contributed by atoms with Gasteiger partial charge in [-0.3, -0.25) is 0 Å². The number of hydrogen-bond acceptors (Lipinski definition) is 4. The number of nitrogens with zero attached hydrogens (tertiary/aromatic N) is 1. The maximum Gasteiger partial charge on any atom is 0.180 e. The Morgan fingerprint density at radius 1 is 1.40 bits per heavy atom. The lowest BCUT2D eigenvalue weighted by molar-refractivity contribution is 0.628. The van der Waals surface area contributed by atoms with Gasteiger partial charge in [-0.2, -0.15) is 0 Å². The molecular weight excluding hydrogens is 213 g/mol. The van der Waals surface area contributed by atoms with Gasteiger partial charge in [0.1, 0.15) is 5.82 Å². The molecule has 0 aliphatic heterocycles. The van der Waals surface area contributed by atoms with E-state index in [4.69, 9.17) is 11.5 Å². The SMILES string of the molecule is NCc1nc(N)sc1-c1cccc(F)c1. The van der Waals surface area contributed by atoms with Crippen LogP contribution in [-0.4, -0.2) is 4.98 Å². The molecule has 0 radical (unpaired) electrons. The minimum absolute atomic E-state index is 0.276. The van der Waals surface area contributed by atoms with Crippen molar-refractivity contribution < 1.29 is 4.39 Å². The maximum absolute atomic E-state index is 13.0. The highest BCUT2D eigenvalue weighted by molar-refractivity contribution is 7.18. The van der Waals surface area contributed by atoms with Crippen LogP contribution in [0.3, 0.4) is 0 Å². The van der Waals surface area contributed by atoms with Crippen LogP contribution in [0.15, 0.2) is 24.3 Å². The van der Waals surface area contributed by atoms with Crippen LogP contribution in [-0.2, 0) is 6.54 Å². The van der Waals surface area contributed by atoms with Crippen molar-refractivity contribution in [1.29, 1.82) is 0 Å². The second kappa shape index (κ2) is 3.96. The van der Waals surface area contributed by atoms with Gasteiger partial charge in [-0.05, 0) is 17.7 Å². The van der Waals surface area contributed by atoms with Crippen LogP contribution in [0, 0.1) is 5.82 Å². The highest BCUT2D eigenvalue weighted by Crippen LogP contribution is 2.31. The van der Waals surface area contributed by atoms with Gasteiger partial charge in [0.2, 0.25) is 0 Å². The number of thiazole rings is 1. The molecule has 3 nitrogen and oxygen atoms in total. The van der Waals surface area contributed by atoms with Gasteiger partial charge in [-0.1, -0.05) is 23.5 Å². The van der Waals surface area contributed by atoms with Crippen molar-refractivity contribution in [1.82, 2.24) is 4.98 Å². The van der Waals surface area contributed by atoms with Crippen molar-refractivity contribution in [2.45, 2.75) is 6.54 Å². The molecule has 1 aromatic heterocycles. The van der Waals surface area contributed by atoms with Crippen molar-refractivity contribution in [3.8, 4) is 10.4 Å². The summed E-state index contributed by atoms with van der Waals surface area (Å²) < 4.78 is 13.0. The largest absolute Gasteiger partial charge is 0.375 e. The molecule has 0 bridgehead atoms. The van der Waals surface area contributed by atoms with Gasteiger partial charge in [0.25, 0.3) is 0 Å². The van der Waals surface area contributed by atoms with Crippen LogP contribution in [0.1, 0.15) is 5.69 Å². The van der Waals surface area contributed by atoms with E-state index in [2.05, 4.69) is 4.98 Å². The smallest absolute Gasteiger partial charge is 0.180 e. The summed E-state index contributed by atoms with van der Waals surface area (Å²) in [7, 11) is 0. The molecule has 2 rings (SSSR count). The molecule has 1 aromatic carbocycles. The zero-order valence-corrected chi connectivity index (χ0v) is 8.72. The third-order valence-electron chi connectivity index (χ3n) is 1.99. The monoisotopic (exact) mass is 223 g/mol. The topological polar surface area (TPSA) is 64.9 Å². The molecule has 5 heteroatoms. The van der Waals surface area contributed by atoms with Crippen molar-refractivity contribution in [3.05, 3.63) is 35.8 Å².